The minimum atomic E-state index is -4.75. The predicted molar refractivity (Wildman–Crippen MR) is 104 cm³/mol. The van der Waals surface area contributed by atoms with Crippen molar-refractivity contribution in [2.24, 2.45) is 0 Å². The van der Waals surface area contributed by atoms with E-state index in [1.807, 2.05) is 0 Å². The number of pyridine rings is 1. The van der Waals surface area contributed by atoms with Crippen LogP contribution in [0.2, 0.25) is 0 Å². The molecule has 1 aromatic carbocycles. The number of rotatable bonds is 4. The van der Waals surface area contributed by atoms with Gasteiger partial charge >= 0.3 is 12.3 Å². The normalized spacial score (nSPS) is 18.5. The highest BCUT2D eigenvalue weighted by Crippen LogP contribution is 2.37. The molecule has 166 valence electrons. The molecule has 0 unspecified atom stereocenters. The van der Waals surface area contributed by atoms with Gasteiger partial charge in [-0.3, -0.25) is 9.69 Å². The Labute approximate surface area is 178 Å². The number of halogens is 4. The largest absolute Gasteiger partial charge is 0.434 e. The summed E-state index contributed by atoms with van der Waals surface area (Å²) in [7, 11) is 0. The number of alkyl halides is 3. The number of hydrogen-bond acceptors (Lipinski definition) is 5. The number of cyclic esters (lactones) is 1. The van der Waals surface area contributed by atoms with Crippen molar-refractivity contribution in [1.29, 1.82) is 0 Å². The number of amides is 2. The second kappa shape index (κ2) is 7.94. The Morgan fingerprint density at radius 1 is 1.16 bits per heavy atom. The molecule has 3 aromatic rings. The summed E-state index contributed by atoms with van der Waals surface area (Å²) in [6.07, 6.45) is -5.55. The molecule has 0 radical (unpaired) electrons. The predicted octanol–water partition coefficient (Wildman–Crippen LogP) is 3.93. The van der Waals surface area contributed by atoms with Crippen LogP contribution >= 0.6 is 0 Å². The zero-order chi connectivity index (χ0) is 23.0. The molecule has 32 heavy (non-hydrogen) atoms. The highest BCUT2D eigenvalue weighted by Gasteiger charge is 2.55. The molecule has 8 nitrogen and oxygen atoms in total. The fourth-order valence-corrected chi connectivity index (χ4v) is 3.24. The van der Waals surface area contributed by atoms with Crippen LogP contribution in [0, 0.1) is 5.82 Å². The lowest BCUT2D eigenvalue weighted by Crippen LogP contribution is -2.41. The van der Waals surface area contributed by atoms with Crippen molar-refractivity contribution in [3.8, 4) is 5.69 Å². The van der Waals surface area contributed by atoms with Gasteiger partial charge in [0, 0.05) is 12.4 Å². The molecule has 2 amide bonds. The van der Waals surface area contributed by atoms with Crippen molar-refractivity contribution in [1.82, 2.24) is 14.8 Å². The summed E-state index contributed by atoms with van der Waals surface area (Å²) in [5.74, 6) is -1.30. The lowest BCUT2D eigenvalue weighted by atomic mass is 10.1. The minimum absolute atomic E-state index is 0.000423. The van der Waals surface area contributed by atoms with Gasteiger partial charge in [0.25, 0.3) is 5.91 Å². The maximum absolute atomic E-state index is 13.1. The van der Waals surface area contributed by atoms with Gasteiger partial charge in [-0.1, -0.05) is 0 Å². The Kier molecular flexibility index (Phi) is 5.28. The first-order chi connectivity index (χ1) is 15.1. The number of nitrogens with one attached hydrogen (secondary N) is 1. The van der Waals surface area contributed by atoms with Crippen molar-refractivity contribution in [3.05, 3.63) is 66.4 Å². The summed E-state index contributed by atoms with van der Waals surface area (Å²) in [5, 5.41) is 6.62. The molecule has 0 saturated carbocycles. The summed E-state index contributed by atoms with van der Waals surface area (Å²) in [5.41, 5.74) is 0.495. The fraction of sp³-hybridized carbons (Fsp3) is 0.200. The average Bonchev–Trinajstić information content (AvgIpc) is 3.34. The van der Waals surface area contributed by atoms with Crippen LogP contribution in [0.5, 0.6) is 0 Å². The molecule has 1 aliphatic heterocycles. The van der Waals surface area contributed by atoms with Crippen molar-refractivity contribution in [2.75, 3.05) is 10.2 Å². The molecule has 1 aliphatic rings. The summed E-state index contributed by atoms with van der Waals surface area (Å²) < 4.78 is 58.4. The number of hydrogen-bond donors (Lipinski definition) is 1. The maximum Gasteiger partial charge on any atom is 0.427 e. The van der Waals surface area contributed by atoms with E-state index in [1.54, 1.807) is 0 Å². The number of anilines is 2. The molecule has 0 spiro atoms. The van der Waals surface area contributed by atoms with Gasteiger partial charge in [-0.2, -0.15) is 18.3 Å². The molecule has 1 saturated heterocycles. The SMILES string of the molecule is C[C@H]1[C@@H](C(F)(F)F)OC(=O)N1c1ncccc1NC(=O)c1ccn(-c2ccc(F)cc2)n1. The quantitative estimate of drug-likeness (QED) is 0.610. The van der Waals surface area contributed by atoms with E-state index >= 15 is 0 Å². The number of aromatic nitrogens is 3. The molecule has 4 rings (SSSR count). The number of carbonyl (C=O) groups is 2. The number of nitrogens with zero attached hydrogens (tertiary/aromatic N) is 4. The smallest absolute Gasteiger partial charge is 0.427 e. The molecule has 12 heteroatoms. The first kappa shape index (κ1) is 21.3. The van der Waals surface area contributed by atoms with Crippen molar-refractivity contribution in [3.63, 3.8) is 0 Å². The standard InChI is InChI=1S/C20H15F4N5O3/c1-11-16(20(22,23)24)32-19(31)29(11)17-14(3-2-9-25-17)26-18(30)15-8-10-28(27-15)13-6-4-12(21)5-7-13/h2-11,16H,1H3,(H,26,30)/t11-,16-/m0/s1. The molecule has 3 heterocycles. The molecule has 2 aromatic heterocycles. The van der Waals surface area contributed by atoms with E-state index in [2.05, 4.69) is 20.1 Å². The van der Waals surface area contributed by atoms with Crippen molar-refractivity contribution in [2.45, 2.75) is 25.2 Å². The van der Waals surface area contributed by atoms with Crippen molar-refractivity contribution < 1.29 is 31.9 Å². The van der Waals surface area contributed by atoms with Gasteiger partial charge in [0.15, 0.2) is 11.5 Å². The zero-order valence-electron chi connectivity index (χ0n) is 16.4. The molecular weight excluding hydrogens is 434 g/mol. The third kappa shape index (κ3) is 3.98. The van der Waals surface area contributed by atoms with Crippen LogP contribution in [0.15, 0.2) is 54.9 Å². The highest BCUT2D eigenvalue weighted by atomic mass is 19.4. The van der Waals surface area contributed by atoms with E-state index in [4.69, 9.17) is 0 Å². The molecule has 2 atom stereocenters. The van der Waals surface area contributed by atoms with Crippen LogP contribution in [0.25, 0.3) is 5.69 Å². The van der Waals surface area contributed by atoms with Gasteiger partial charge < -0.3 is 10.1 Å². The van der Waals surface area contributed by atoms with Crippen LogP contribution < -0.4 is 10.2 Å². The van der Waals surface area contributed by atoms with Gasteiger partial charge in [-0.25, -0.2) is 18.9 Å². The first-order valence-electron chi connectivity index (χ1n) is 9.29. The summed E-state index contributed by atoms with van der Waals surface area (Å²) in [6.45, 7) is 1.17. The monoisotopic (exact) mass is 449 g/mol. The highest BCUT2D eigenvalue weighted by molar-refractivity contribution is 6.05. The molecule has 1 N–H and O–H groups in total. The summed E-state index contributed by atoms with van der Waals surface area (Å²) in [6, 6.07) is 8.27. The van der Waals surface area contributed by atoms with E-state index in [-0.39, 0.29) is 17.2 Å². The van der Waals surface area contributed by atoms with E-state index in [9.17, 15) is 27.2 Å². The molecule has 0 aliphatic carbocycles. The molecule has 1 fully saturated rings. The number of benzene rings is 1. The Hall–Kier alpha value is -3.96. The van der Waals surface area contributed by atoms with Gasteiger partial charge in [-0.05, 0) is 49.4 Å². The zero-order valence-corrected chi connectivity index (χ0v) is 16.4. The fourth-order valence-electron chi connectivity index (χ4n) is 3.24. The minimum Gasteiger partial charge on any atom is -0.434 e. The average molecular weight is 449 g/mol. The summed E-state index contributed by atoms with van der Waals surface area (Å²) >= 11 is 0. The van der Waals surface area contributed by atoms with Crippen molar-refractivity contribution >= 4 is 23.5 Å². The van der Waals surface area contributed by atoms with Gasteiger partial charge in [0.2, 0.25) is 6.10 Å². The summed E-state index contributed by atoms with van der Waals surface area (Å²) in [4.78, 5) is 29.5. The Bertz CT molecular complexity index is 1160. The lowest BCUT2D eigenvalue weighted by molar-refractivity contribution is -0.198. The third-order valence-electron chi connectivity index (χ3n) is 4.77. The second-order valence-corrected chi connectivity index (χ2v) is 6.91. The number of carbonyl (C=O) groups excluding carboxylic acids is 2. The Morgan fingerprint density at radius 2 is 1.88 bits per heavy atom. The van der Waals surface area contributed by atoms with Crippen LogP contribution in [0.4, 0.5) is 33.9 Å². The van der Waals surface area contributed by atoms with Gasteiger partial charge in [0.1, 0.15) is 5.82 Å². The molecular formula is C20H15F4N5O3. The topological polar surface area (TPSA) is 89.4 Å². The number of ether oxygens (including phenoxy) is 1. The molecule has 0 bridgehead atoms. The van der Waals surface area contributed by atoms with Crippen LogP contribution in [0.1, 0.15) is 17.4 Å². The third-order valence-corrected chi connectivity index (χ3v) is 4.77. The first-order valence-corrected chi connectivity index (χ1v) is 9.29. The maximum atomic E-state index is 13.1. The Balaban J connectivity index is 1.57. The van der Waals surface area contributed by atoms with E-state index in [0.29, 0.717) is 5.69 Å². The van der Waals surface area contributed by atoms with Crippen LogP contribution in [-0.4, -0.2) is 45.1 Å². The van der Waals surface area contributed by atoms with Crippen LogP contribution in [-0.2, 0) is 4.74 Å². The van der Waals surface area contributed by atoms with E-state index < -0.39 is 36.1 Å². The Morgan fingerprint density at radius 3 is 2.53 bits per heavy atom. The second-order valence-electron chi connectivity index (χ2n) is 6.91. The van der Waals surface area contributed by atoms with Gasteiger partial charge in [-0.15, -0.1) is 0 Å². The lowest BCUT2D eigenvalue weighted by Gasteiger charge is -2.22. The van der Waals surface area contributed by atoms with E-state index in [0.717, 1.165) is 4.90 Å². The van der Waals surface area contributed by atoms with E-state index in [1.165, 1.54) is 66.5 Å². The van der Waals surface area contributed by atoms with Crippen LogP contribution in [0.3, 0.4) is 0 Å². The van der Waals surface area contributed by atoms with Gasteiger partial charge in [0.05, 0.1) is 17.4 Å².